The highest BCUT2D eigenvalue weighted by molar-refractivity contribution is 9.10. The van der Waals surface area contributed by atoms with Gasteiger partial charge in [-0.3, -0.25) is 4.79 Å². The molecule has 0 saturated heterocycles. The number of amides is 1. The molecule has 3 aromatic rings. The lowest BCUT2D eigenvalue weighted by Gasteiger charge is -2.15. The third kappa shape index (κ3) is 5.88. The highest BCUT2D eigenvalue weighted by atomic mass is 79.9. The molecule has 152 valence electrons. The maximum Gasteiger partial charge on any atom is 0.234 e. The molecule has 1 N–H and O–H groups in total. The maximum atomic E-state index is 12.2. The standard InChI is InChI=1S/C19H17BrCl2N4O2S/c1-11(28-16-9-13(21)5-8-15(16)22)18-24-25-19(26(18)2)29-10-17(27)23-14-6-3-12(20)4-7-14/h3-9,11H,10H2,1-2H3,(H,23,27). The SMILES string of the molecule is CC(Oc1cc(Cl)ccc1Cl)c1nnc(SCC(=O)Nc2ccc(Br)cc2)n1C. The van der Waals surface area contributed by atoms with Crippen molar-refractivity contribution >= 4 is 62.5 Å². The van der Waals surface area contributed by atoms with Crippen LogP contribution in [0.4, 0.5) is 5.69 Å². The molecule has 0 bridgehead atoms. The predicted molar refractivity (Wildman–Crippen MR) is 120 cm³/mol. The molecule has 0 spiro atoms. The van der Waals surface area contributed by atoms with Crippen LogP contribution < -0.4 is 10.1 Å². The van der Waals surface area contributed by atoms with Gasteiger partial charge in [-0.2, -0.15) is 0 Å². The molecule has 1 atom stereocenters. The Morgan fingerprint density at radius 3 is 2.69 bits per heavy atom. The largest absolute Gasteiger partial charge is 0.481 e. The lowest BCUT2D eigenvalue weighted by Crippen LogP contribution is -2.14. The van der Waals surface area contributed by atoms with Crippen LogP contribution in [-0.2, 0) is 11.8 Å². The Bertz CT molecular complexity index is 1010. The van der Waals surface area contributed by atoms with E-state index in [1.165, 1.54) is 11.8 Å². The molecule has 10 heteroatoms. The summed E-state index contributed by atoms with van der Waals surface area (Å²) in [6.45, 7) is 1.84. The van der Waals surface area contributed by atoms with Crippen LogP contribution in [0.15, 0.2) is 52.1 Å². The van der Waals surface area contributed by atoms with E-state index in [1.807, 2.05) is 38.2 Å². The van der Waals surface area contributed by atoms with Gasteiger partial charge in [-0.15, -0.1) is 10.2 Å². The van der Waals surface area contributed by atoms with E-state index in [-0.39, 0.29) is 11.7 Å². The highest BCUT2D eigenvalue weighted by Crippen LogP contribution is 2.31. The number of benzene rings is 2. The molecule has 29 heavy (non-hydrogen) atoms. The van der Waals surface area contributed by atoms with Gasteiger partial charge in [0.25, 0.3) is 0 Å². The van der Waals surface area contributed by atoms with Gasteiger partial charge in [0.1, 0.15) is 5.75 Å². The molecule has 0 saturated carbocycles. The van der Waals surface area contributed by atoms with Crippen molar-refractivity contribution in [3.63, 3.8) is 0 Å². The summed E-state index contributed by atoms with van der Waals surface area (Å²) >= 11 is 16.8. The van der Waals surface area contributed by atoms with Crippen molar-refractivity contribution in [2.24, 2.45) is 7.05 Å². The Hall–Kier alpha value is -1.74. The lowest BCUT2D eigenvalue weighted by molar-refractivity contribution is -0.113. The third-order valence-electron chi connectivity index (χ3n) is 3.89. The molecule has 6 nitrogen and oxygen atoms in total. The van der Waals surface area contributed by atoms with E-state index in [2.05, 4.69) is 31.4 Å². The second kappa shape index (κ2) is 9.84. The zero-order chi connectivity index (χ0) is 21.0. The van der Waals surface area contributed by atoms with E-state index in [4.69, 9.17) is 27.9 Å². The monoisotopic (exact) mass is 514 g/mol. The van der Waals surface area contributed by atoms with E-state index in [9.17, 15) is 4.79 Å². The van der Waals surface area contributed by atoms with E-state index in [1.54, 1.807) is 22.8 Å². The summed E-state index contributed by atoms with van der Waals surface area (Å²) in [5.41, 5.74) is 0.734. The molecule has 0 fully saturated rings. The Labute approximate surface area is 191 Å². The molecule has 1 amide bonds. The van der Waals surface area contributed by atoms with Crippen molar-refractivity contribution in [2.45, 2.75) is 18.2 Å². The van der Waals surface area contributed by atoms with Gasteiger partial charge in [0, 0.05) is 28.3 Å². The van der Waals surface area contributed by atoms with Gasteiger partial charge in [0.2, 0.25) is 5.91 Å². The normalized spacial score (nSPS) is 11.9. The minimum Gasteiger partial charge on any atom is -0.481 e. The minimum atomic E-state index is -0.408. The van der Waals surface area contributed by atoms with Crippen molar-refractivity contribution < 1.29 is 9.53 Å². The fourth-order valence-electron chi connectivity index (χ4n) is 2.48. The van der Waals surface area contributed by atoms with E-state index in [0.29, 0.717) is 26.8 Å². The molecular weight excluding hydrogens is 499 g/mol. The van der Waals surface area contributed by atoms with Crippen molar-refractivity contribution in [3.05, 3.63) is 62.8 Å². The molecule has 0 aliphatic heterocycles. The first-order valence-electron chi connectivity index (χ1n) is 8.52. The Morgan fingerprint density at radius 1 is 1.24 bits per heavy atom. The number of hydrogen-bond donors (Lipinski definition) is 1. The lowest BCUT2D eigenvalue weighted by atomic mass is 10.3. The van der Waals surface area contributed by atoms with E-state index >= 15 is 0 Å². The molecule has 1 unspecified atom stereocenters. The third-order valence-corrected chi connectivity index (χ3v) is 5.99. The fraction of sp³-hybridized carbons (Fsp3) is 0.211. The summed E-state index contributed by atoms with van der Waals surface area (Å²) < 4.78 is 8.63. The number of rotatable bonds is 7. The predicted octanol–water partition coefficient (Wildman–Crippen LogP) is 5.76. The summed E-state index contributed by atoms with van der Waals surface area (Å²) in [5.74, 6) is 1.16. The summed E-state index contributed by atoms with van der Waals surface area (Å²) in [6.07, 6.45) is -0.408. The average molecular weight is 516 g/mol. The number of hydrogen-bond acceptors (Lipinski definition) is 5. The molecule has 0 aliphatic rings. The molecule has 1 aromatic heterocycles. The summed E-state index contributed by atoms with van der Waals surface area (Å²) in [6, 6.07) is 12.4. The molecule has 0 radical (unpaired) electrons. The first-order chi connectivity index (χ1) is 13.8. The van der Waals surface area contributed by atoms with E-state index in [0.717, 1.165) is 10.2 Å². The van der Waals surface area contributed by atoms with Crippen molar-refractivity contribution in [2.75, 3.05) is 11.1 Å². The highest BCUT2D eigenvalue weighted by Gasteiger charge is 2.19. The Kier molecular flexibility index (Phi) is 7.45. The quantitative estimate of drug-likeness (QED) is 0.405. The van der Waals surface area contributed by atoms with Crippen LogP contribution in [0.3, 0.4) is 0 Å². The molecular formula is C19H17BrCl2N4O2S. The summed E-state index contributed by atoms with van der Waals surface area (Å²) in [7, 11) is 1.82. The van der Waals surface area contributed by atoms with Crippen LogP contribution in [0.25, 0.3) is 0 Å². The van der Waals surface area contributed by atoms with Gasteiger partial charge < -0.3 is 14.6 Å². The number of aromatic nitrogens is 3. The van der Waals surface area contributed by atoms with Gasteiger partial charge in [-0.05, 0) is 43.3 Å². The van der Waals surface area contributed by atoms with Gasteiger partial charge in [0.15, 0.2) is 17.1 Å². The van der Waals surface area contributed by atoms with Crippen molar-refractivity contribution in [1.29, 1.82) is 0 Å². The summed E-state index contributed by atoms with van der Waals surface area (Å²) in [4.78, 5) is 12.2. The second-order valence-electron chi connectivity index (χ2n) is 6.08. The van der Waals surface area contributed by atoms with Crippen LogP contribution in [0.5, 0.6) is 5.75 Å². The van der Waals surface area contributed by atoms with Gasteiger partial charge in [0.05, 0.1) is 10.8 Å². The number of nitrogens with one attached hydrogen (secondary N) is 1. The molecule has 2 aromatic carbocycles. The van der Waals surface area contributed by atoms with E-state index < -0.39 is 6.10 Å². The number of anilines is 1. The molecule has 0 aliphatic carbocycles. The maximum absolute atomic E-state index is 12.2. The Morgan fingerprint density at radius 2 is 1.97 bits per heavy atom. The Balaban J connectivity index is 1.60. The zero-order valence-electron chi connectivity index (χ0n) is 15.5. The number of carbonyl (C=O) groups is 1. The van der Waals surface area contributed by atoms with Crippen molar-refractivity contribution in [1.82, 2.24) is 14.8 Å². The summed E-state index contributed by atoms with van der Waals surface area (Å²) in [5, 5.41) is 12.8. The van der Waals surface area contributed by atoms with Gasteiger partial charge in [-0.25, -0.2) is 0 Å². The smallest absolute Gasteiger partial charge is 0.234 e. The van der Waals surface area contributed by atoms with Gasteiger partial charge >= 0.3 is 0 Å². The van der Waals surface area contributed by atoms with Crippen LogP contribution >= 0.6 is 50.9 Å². The number of carbonyl (C=O) groups excluding carboxylic acids is 1. The second-order valence-corrected chi connectivity index (χ2v) is 8.78. The van der Waals surface area contributed by atoms with Gasteiger partial charge in [-0.1, -0.05) is 50.9 Å². The number of halogens is 3. The first-order valence-corrected chi connectivity index (χ1v) is 11.1. The first kappa shape index (κ1) is 22.0. The fourth-order valence-corrected chi connectivity index (χ4v) is 3.78. The number of nitrogens with zero attached hydrogens (tertiary/aromatic N) is 3. The minimum absolute atomic E-state index is 0.128. The topological polar surface area (TPSA) is 69.0 Å². The zero-order valence-corrected chi connectivity index (χ0v) is 19.4. The van der Waals surface area contributed by atoms with Crippen molar-refractivity contribution in [3.8, 4) is 5.75 Å². The van der Waals surface area contributed by atoms with Crippen LogP contribution in [0.2, 0.25) is 10.0 Å². The average Bonchev–Trinajstić information content (AvgIpc) is 3.05. The number of ether oxygens (including phenoxy) is 1. The molecule has 1 heterocycles. The van der Waals surface area contributed by atoms with Crippen LogP contribution in [-0.4, -0.2) is 26.4 Å². The number of thioether (sulfide) groups is 1. The van der Waals surface area contributed by atoms with Crippen LogP contribution in [0, 0.1) is 0 Å². The molecule has 3 rings (SSSR count). The van der Waals surface area contributed by atoms with Crippen LogP contribution in [0.1, 0.15) is 18.9 Å².